The fourth-order valence-corrected chi connectivity index (χ4v) is 2.89. The molecule has 4 rings (SSSR count). The molecule has 0 N–H and O–H groups in total. The van der Waals surface area contributed by atoms with Gasteiger partial charge in [-0.05, 0) is 59.0 Å². The number of hydrogen-bond acceptors (Lipinski definition) is 2. The van der Waals surface area contributed by atoms with Crippen LogP contribution in [0, 0.1) is 0 Å². The summed E-state index contributed by atoms with van der Waals surface area (Å²) in [5.41, 5.74) is 4.82. The molecule has 0 saturated carbocycles. The fraction of sp³-hybridized carbons (Fsp3) is 0.0417. The molecule has 1 heterocycles. The number of ether oxygens (including phenoxy) is 1. The van der Waals surface area contributed by atoms with Crippen molar-refractivity contribution in [1.82, 2.24) is 4.98 Å². The summed E-state index contributed by atoms with van der Waals surface area (Å²) in [7, 11) is 0. The second kappa shape index (κ2) is 7.66. The van der Waals surface area contributed by atoms with Crippen LogP contribution in [-0.4, -0.2) is 4.98 Å². The minimum absolute atomic E-state index is 0.827. The largest absolute Gasteiger partial charge is 0.457 e. The van der Waals surface area contributed by atoms with E-state index in [9.17, 15) is 0 Å². The minimum atomic E-state index is 0.827. The van der Waals surface area contributed by atoms with Crippen molar-refractivity contribution in [3.8, 4) is 22.6 Å². The van der Waals surface area contributed by atoms with Crippen LogP contribution < -0.4 is 4.74 Å². The van der Waals surface area contributed by atoms with Crippen molar-refractivity contribution in [2.24, 2.45) is 0 Å². The molecule has 3 aromatic carbocycles. The van der Waals surface area contributed by atoms with Crippen molar-refractivity contribution in [1.29, 1.82) is 0 Å². The summed E-state index contributed by atoms with van der Waals surface area (Å²) in [6.07, 6.45) is 4.57. The summed E-state index contributed by atoms with van der Waals surface area (Å²) in [5, 5.41) is 0. The van der Waals surface area contributed by atoms with Gasteiger partial charge in [-0.15, -0.1) is 0 Å². The lowest BCUT2D eigenvalue weighted by molar-refractivity contribution is 0.482. The molecule has 1 aromatic heterocycles. The van der Waals surface area contributed by atoms with Gasteiger partial charge in [0.15, 0.2) is 0 Å². The van der Waals surface area contributed by atoms with E-state index < -0.39 is 0 Å². The van der Waals surface area contributed by atoms with E-state index >= 15 is 0 Å². The Kier molecular flexibility index (Phi) is 4.74. The highest BCUT2D eigenvalue weighted by molar-refractivity contribution is 5.63. The van der Waals surface area contributed by atoms with Crippen LogP contribution in [0.15, 0.2) is 103 Å². The second-order valence-corrected chi connectivity index (χ2v) is 6.17. The van der Waals surface area contributed by atoms with Crippen LogP contribution in [0.25, 0.3) is 11.1 Å². The normalized spacial score (nSPS) is 10.5. The molecule has 0 aliphatic rings. The van der Waals surface area contributed by atoms with Gasteiger partial charge in [-0.25, -0.2) is 0 Å². The summed E-state index contributed by atoms with van der Waals surface area (Å²) < 4.78 is 5.96. The van der Waals surface area contributed by atoms with E-state index in [0.717, 1.165) is 29.0 Å². The Morgan fingerprint density at radius 1 is 0.577 bits per heavy atom. The maximum atomic E-state index is 5.96. The van der Waals surface area contributed by atoms with Gasteiger partial charge >= 0.3 is 0 Å². The van der Waals surface area contributed by atoms with E-state index in [2.05, 4.69) is 53.5 Å². The molecule has 0 unspecified atom stereocenters. The van der Waals surface area contributed by atoms with Gasteiger partial charge in [-0.1, -0.05) is 60.7 Å². The second-order valence-electron chi connectivity index (χ2n) is 6.17. The van der Waals surface area contributed by atoms with E-state index in [4.69, 9.17) is 4.74 Å². The maximum Gasteiger partial charge on any atom is 0.127 e. The number of hydrogen-bond donors (Lipinski definition) is 0. The van der Waals surface area contributed by atoms with Crippen LogP contribution in [-0.2, 0) is 6.42 Å². The first-order chi connectivity index (χ1) is 12.9. The monoisotopic (exact) mass is 337 g/mol. The average molecular weight is 337 g/mol. The van der Waals surface area contributed by atoms with Crippen LogP contribution in [0.1, 0.15) is 11.1 Å². The standard InChI is InChI=1S/C24H19NO/c1-2-5-19(6-3-1)17-20-8-12-23(13-9-20)26-24-14-10-21(11-15-24)22-7-4-16-25-18-22/h1-16,18H,17H2. The Morgan fingerprint density at radius 3 is 1.88 bits per heavy atom. The topological polar surface area (TPSA) is 22.1 Å². The lowest BCUT2D eigenvalue weighted by Crippen LogP contribution is -1.89. The average Bonchev–Trinajstić information content (AvgIpc) is 2.72. The Labute approximate surface area is 153 Å². The number of pyridine rings is 1. The Bertz CT molecular complexity index is 946. The van der Waals surface area contributed by atoms with Gasteiger partial charge < -0.3 is 4.74 Å². The van der Waals surface area contributed by atoms with Crippen molar-refractivity contribution in [2.45, 2.75) is 6.42 Å². The molecule has 2 nitrogen and oxygen atoms in total. The highest BCUT2D eigenvalue weighted by atomic mass is 16.5. The van der Waals surface area contributed by atoms with Crippen molar-refractivity contribution in [3.05, 3.63) is 115 Å². The van der Waals surface area contributed by atoms with Crippen LogP contribution in [0.2, 0.25) is 0 Å². The first kappa shape index (κ1) is 16.1. The Morgan fingerprint density at radius 2 is 1.23 bits per heavy atom. The minimum Gasteiger partial charge on any atom is -0.457 e. The van der Waals surface area contributed by atoms with Crippen LogP contribution >= 0.6 is 0 Å². The molecule has 0 bridgehead atoms. The lowest BCUT2D eigenvalue weighted by Gasteiger charge is -2.08. The summed E-state index contributed by atoms with van der Waals surface area (Å²) in [6.45, 7) is 0. The van der Waals surface area contributed by atoms with Crippen LogP contribution in [0.3, 0.4) is 0 Å². The van der Waals surface area contributed by atoms with Crippen molar-refractivity contribution in [2.75, 3.05) is 0 Å². The molecule has 2 heteroatoms. The zero-order valence-electron chi connectivity index (χ0n) is 14.4. The van der Waals surface area contributed by atoms with Crippen molar-refractivity contribution in [3.63, 3.8) is 0 Å². The molecule has 0 aliphatic carbocycles. The molecule has 0 radical (unpaired) electrons. The Balaban J connectivity index is 1.42. The van der Waals surface area contributed by atoms with Gasteiger partial charge in [-0.2, -0.15) is 0 Å². The summed E-state index contributed by atoms with van der Waals surface area (Å²) in [4.78, 5) is 4.16. The third kappa shape index (κ3) is 3.98. The number of rotatable bonds is 5. The zero-order valence-corrected chi connectivity index (χ0v) is 14.4. The maximum absolute atomic E-state index is 5.96. The van der Waals surface area contributed by atoms with Crippen LogP contribution in [0.5, 0.6) is 11.5 Å². The van der Waals surface area contributed by atoms with E-state index in [1.807, 2.05) is 48.7 Å². The summed E-state index contributed by atoms with van der Waals surface area (Å²) in [6, 6.07) is 30.8. The Hall–Kier alpha value is -3.39. The predicted molar refractivity (Wildman–Crippen MR) is 105 cm³/mol. The molecule has 0 aliphatic heterocycles. The first-order valence-corrected chi connectivity index (χ1v) is 8.68. The predicted octanol–water partition coefficient (Wildman–Crippen LogP) is 6.13. The first-order valence-electron chi connectivity index (χ1n) is 8.68. The fourth-order valence-electron chi connectivity index (χ4n) is 2.89. The van der Waals surface area contributed by atoms with Gasteiger partial charge in [0.2, 0.25) is 0 Å². The van der Waals surface area contributed by atoms with E-state index in [1.54, 1.807) is 6.20 Å². The summed E-state index contributed by atoms with van der Waals surface area (Å²) in [5.74, 6) is 1.67. The molecule has 4 aromatic rings. The molecular weight excluding hydrogens is 318 g/mol. The highest BCUT2D eigenvalue weighted by Gasteiger charge is 2.01. The zero-order chi connectivity index (χ0) is 17.6. The SMILES string of the molecule is c1ccc(Cc2ccc(Oc3ccc(-c4cccnc4)cc3)cc2)cc1. The number of aromatic nitrogens is 1. The molecule has 0 amide bonds. The molecular formula is C24H19NO. The lowest BCUT2D eigenvalue weighted by atomic mass is 10.1. The van der Waals surface area contributed by atoms with Crippen molar-refractivity contribution < 1.29 is 4.74 Å². The molecule has 0 fully saturated rings. The molecule has 0 spiro atoms. The van der Waals surface area contributed by atoms with E-state index in [0.29, 0.717) is 0 Å². The van der Waals surface area contributed by atoms with Gasteiger partial charge in [0.05, 0.1) is 0 Å². The molecule has 26 heavy (non-hydrogen) atoms. The molecule has 0 saturated heterocycles. The third-order valence-corrected chi connectivity index (χ3v) is 4.26. The number of nitrogens with zero attached hydrogens (tertiary/aromatic N) is 1. The van der Waals surface area contributed by atoms with E-state index in [-0.39, 0.29) is 0 Å². The third-order valence-electron chi connectivity index (χ3n) is 4.26. The van der Waals surface area contributed by atoms with Gasteiger partial charge in [0.25, 0.3) is 0 Å². The van der Waals surface area contributed by atoms with Gasteiger partial charge in [0, 0.05) is 12.4 Å². The van der Waals surface area contributed by atoms with Crippen LogP contribution in [0.4, 0.5) is 0 Å². The summed E-state index contributed by atoms with van der Waals surface area (Å²) >= 11 is 0. The molecule has 126 valence electrons. The van der Waals surface area contributed by atoms with Crippen molar-refractivity contribution >= 4 is 0 Å². The van der Waals surface area contributed by atoms with Gasteiger partial charge in [-0.3, -0.25) is 4.98 Å². The highest BCUT2D eigenvalue weighted by Crippen LogP contribution is 2.26. The van der Waals surface area contributed by atoms with E-state index in [1.165, 1.54) is 11.1 Å². The number of benzene rings is 3. The van der Waals surface area contributed by atoms with Gasteiger partial charge in [0.1, 0.15) is 11.5 Å². The molecule has 0 atom stereocenters. The smallest absolute Gasteiger partial charge is 0.127 e. The quantitative estimate of drug-likeness (QED) is 0.437.